The van der Waals surface area contributed by atoms with Gasteiger partial charge in [-0.2, -0.15) is 0 Å². The van der Waals surface area contributed by atoms with Crippen LogP contribution < -0.4 is 16.4 Å². The highest BCUT2D eigenvalue weighted by atomic mass is 16.3. The van der Waals surface area contributed by atoms with Crippen LogP contribution >= 0.6 is 0 Å². The topological polar surface area (TPSA) is 87.4 Å². The van der Waals surface area contributed by atoms with Gasteiger partial charge in [-0.05, 0) is 31.0 Å². The highest BCUT2D eigenvalue weighted by Crippen LogP contribution is 2.41. The smallest absolute Gasteiger partial charge is 0.316 e. The second-order valence-corrected chi connectivity index (χ2v) is 6.13. The molecule has 110 valence electrons. The molecule has 5 heteroatoms. The van der Waals surface area contributed by atoms with Gasteiger partial charge in [0.15, 0.2) is 0 Å². The number of hydrogen-bond donors (Lipinski definition) is 4. The summed E-state index contributed by atoms with van der Waals surface area (Å²) in [5.74, 6) is 0. The molecular weight excluding hydrogens is 254 g/mol. The zero-order valence-electron chi connectivity index (χ0n) is 12.2. The lowest BCUT2D eigenvalue weighted by molar-refractivity contribution is -0.0754. The van der Waals surface area contributed by atoms with Gasteiger partial charge in [-0.25, -0.2) is 4.79 Å². The number of primary amides is 1. The number of hydrogen-bond acceptors (Lipinski definition) is 3. The van der Waals surface area contributed by atoms with Gasteiger partial charge in [0.2, 0.25) is 0 Å². The SMILES string of the molecule is CC(NC1CC(O)C1(C)C)c1ccc(NC(N)=O)cc1. The van der Waals surface area contributed by atoms with E-state index in [-0.39, 0.29) is 17.6 Å². The molecule has 1 aromatic rings. The Labute approximate surface area is 119 Å². The average molecular weight is 277 g/mol. The predicted octanol–water partition coefficient (Wildman–Crippen LogP) is 1.99. The minimum absolute atomic E-state index is 0.0816. The summed E-state index contributed by atoms with van der Waals surface area (Å²) in [7, 11) is 0. The number of anilines is 1. The van der Waals surface area contributed by atoms with E-state index in [0.717, 1.165) is 12.0 Å². The summed E-state index contributed by atoms with van der Waals surface area (Å²) in [5, 5.41) is 15.8. The van der Waals surface area contributed by atoms with Crippen molar-refractivity contribution in [3.8, 4) is 0 Å². The lowest BCUT2D eigenvalue weighted by Crippen LogP contribution is -2.60. The third-order valence-corrected chi connectivity index (χ3v) is 4.35. The molecule has 0 bridgehead atoms. The Morgan fingerprint density at radius 3 is 2.45 bits per heavy atom. The zero-order valence-corrected chi connectivity index (χ0v) is 12.2. The van der Waals surface area contributed by atoms with Gasteiger partial charge >= 0.3 is 6.03 Å². The first-order chi connectivity index (χ1) is 9.30. The van der Waals surface area contributed by atoms with Crippen molar-refractivity contribution >= 4 is 11.7 Å². The van der Waals surface area contributed by atoms with Crippen molar-refractivity contribution in [3.05, 3.63) is 29.8 Å². The van der Waals surface area contributed by atoms with Crippen LogP contribution in [0, 0.1) is 5.41 Å². The fourth-order valence-corrected chi connectivity index (χ4v) is 2.58. The second kappa shape index (κ2) is 5.42. The first-order valence-corrected chi connectivity index (χ1v) is 6.91. The van der Waals surface area contributed by atoms with Crippen LogP contribution in [-0.2, 0) is 0 Å². The van der Waals surface area contributed by atoms with Gasteiger partial charge in [0, 0.05) is 23.2 Å². The molecule has 1 aliphatic carbocycles. The molecular formula is C15H23N3O2. The van der Waals surface area contributed by atoms with E-state index in [9.17, 15) is 9.90 Å². The lowest BCUT2D eigenvalue weighted by atomic mass is 9.64. The molecule has 1 aromatic carbocycles. The number of carbonyl (C=O) groups is 1. The summed E-state index contributed by atoms with van der Waals surface area (Å²) in [4.78, 5) is 10.8. The Kier molecular flexibility index (Phi) is 4.01. The predicted molar refractivity (Wildman–Crippen MR) is 79.4 cm³/mol. The van der Waals surface area contributed by atoms with Gasteiger partial charge in [0.25, 0.3) is 0 Å². The summed E-state index contributed by atoms with van der Waals surface area (Å²) in [6.07, 6.45) is 0.563. The van der Waals surface area contributed by atoms with Crippen molar-refractivity contribution in [2.24, 2.45) is 11.1 Å². The van der Waals surface area contributed by atoms with E-state index in [1.807, 2.05) is 24.3 Å². The summed E-state index contributed by atoms with van der Waals surface area (Å²) in [6.45, 7) is 6.24. The third kappa shape index (κ3) is 2.94. The lowest BCUT2D eigenvalue weighted by Gasteiger charge is -2.50. The third-order valence-electron chi connectivity index (χ3n) is 4.35. The summed E-state index contributed by atoms with van der Waals surface area (Å²) >= 11 is 0. The van der Waals surface area contributed by atoms with Crippen LogP contribution in [0.3, 0.4) is 0 Å². The molecule has 0 spiro atoms. The maximum absolute atomic E-state index is 10.8. The molecule has 1 aliphatic rings. The molecule has 5 N–H and O–H groups in total. The largest absolute Gasteiger partial charge is 0.392 e. The van der Waals surface area contributed by atoms with E-state index >= 15 is 0 Å². The molecule has 0 aliphatic heterocycles. The number of nitrogens with one attached hydrogen (secondary N) is 2. The monoisotopic (exact) mass is 277 g/mol. The van der Waals surface area contributed by atoms with E-state index in [4.69, 9.17) is 5.73 Å². The number of urea groups is 1. The first kappa shape index (κ1) is 14.8. The Morgan fingerprint density at radius 1 is 1.40 bits per heavy atom. The van der Waals surface area contributed by atoms with Crippen molar-refractivity contribution in [1.82, 2.24) is 5.32 Å². The zero-order chi connectivity index (χ0) is 14.9. The maximum atomic E-state index is 10.8. The van der Waals surface area contributed by atoms with E-state index in [1.54, 1.807) is 0 Å². The number of rotatable bonds is 4. The number of amides is 2. The summed E-state index contributed by atoms with van der Waals surface area (Å²) in [5.41, 5.74) is 6.81. The standard InChI is InChI=1S/C15H23N3O2/c1-9(17-12-8-13(19)15(12,2)3)10-4-6-11(7-5-10)18-14(16)20/h4-7,9,12-13,17,19H,8H2,1-3H3,(H3,16,18,20). The van der Waals surface area contributed by atoms with Crippen LogP contribution in [0.15, 0.2) is 24.3 Å². The molecule has 5 nitrogen and oxygen atoms in total. The minimum atomic E-state index is -0.561. The highest BCUT2D eigenvalue weighted by Gasteiger charge is 2.47. The Balaban J connectivity index is 1.96. The van der Waals surface area contributed by atoms with E-state index in [2.05, 4.69) is 31.4 Å². The number of nitrogens with two attached hydrogens (primary N) is 1. The molecule has 1 saturated carbocycles. The number of carbonyl (C=O) groups excluding carboxylic acids is 1. The van der Waals surface area contributed by atoms with Crippen LogP contribution in [0.5, 0.6) is 0 Å². The van der Waals surface area contributed by atoms with E-state index < -0.39 is 6.03 Å². The van der Waals surface area contributed by atoms with Crippen molar-refractivity contribution in [1.29, 1.82) is 0 Å². The molecule has 2 rings (SSSR count). The van der Waals surface area contributed by atoms with Crippen LogP contribution in [0.25, 0.3) is 0 Å². The maximum Gasteiger partial charge on any atom is 0.316 e. The van der Waals surface area contributed by atoms with Gasteiger partial charge in [0.05, 0.1) is 6.10 Å². The van der Waals surface area contributed by atoms with Gasteiger partial charge < -0.3 is 21.5 Å². The first-order valence-electron chi connectivity index (χ1n) is 6.91. The average Bonchev–Trinajstić information content (AvgIpc) is 2.38. The quantitative estimate of drug-likeness (QED) is 0.678. The molecule has 3 atom stereocenters. The summed E-state index contributed by atoms with van der Waals surface area (Å²) < 4.78 is 0. The van der Waals surface area contributed by atoms with Gasteiger partial charge in [-0.1, -0.05) is 26.0 Å². The van der Waals surface area contributed by atoms with Gasteiger partial charge in [-0.15, -0.1) is 0 Å². The van der Waals surface area contributed by atoms with Crippen molar-refractivity contribution in [2.45, 2.75) is 45.4 Å². The van der Waals surface area contributed by atoms with E-state index in [0.29, 0.717) is 11.7 Å². The Hall–Kier alpha value is -1.59. The van der Waals surface area contributed by atoms with Gasteiger partial charge in [0.1, 0.15) is 0 Å². The molecule has 0 heterocycles. The minimum Gasteiger partial charge on any atom is -0.392 e. The normalized spacial score (nSPS) is 25.6. The van der Waals surface area contributed by atoms with Crippen LogP contribution in [0.2, 0.25) is 0 Å². The molecule has 0 radical (unpaired) electrons. The fraction of sp³-hybridized carbons (Fsp3) is 0.533. The van der Waals surface area contributed by atoms with Crippen LogP contribution in [0.4, 0.5) is 10.5 Å². The van der Waals surface area contributed by atoms with Crippen molar-refractivity contribution in [2.75, 3.05) is 5.32 Å². The molecule has 3 unspecified atom stereocenters. The Morgan fingerprint density at radius 2 is 2.00 bits per heavy atom. The molecule has 1 fully saturated rings. The number of aliphatic hydroxyl groups excluding tert-OH is 1. The van der Waals surface area contributed by atoms with E-state index in [1.165, 1.54) is 0 Å². The van der Waals surface area contributed by atoms with Crippen LogP contribution in [-0.4, -0.2) is 23.3 Å². The molecule has 0 saturated heterocycles. The second-order valence-electron chi connectivity index (χ2n) is 6.13. The molecule has 0 aromatic heterocycles. The fourth-order valence-electron chi connectivity index (χ4n) is 2.58. The van der Waals surface area contributed by atoms with Gasteiger partial charge in [-0.3, -0.25) is 0 Å². The van der Waals surface area contributed by atoms with Crippen molar-refractivity contribution < 1.29 is 9.90 Å². The van der Waals surface area contributed by atoms with Crippen LogP contribution in [0.1, 0.15) is 38.8 Å². The Bertz CT molecular complexity index is 484. The number of aliphatic hydroxyl groups is 1. The number of benzene rings is 1. The molecule has 20 heavy (non-hydrogen) atoms. The molecule has 2 amide bonds. The summed E-state index contributed by atoms with van der Waals surface area (Å²) in [6, 6.07) is 7.54. The van der Waals surface area contributed by atoms with Crippen molar-refractivity contribution in [3.63, 3.8) is 0 Å². The highest BCUT2D eigenvalue weighted by molar-refractivity contribution is 5.87.